The van der Waals surface area contributed by atoms with Crippen LogP contribution in [0.2, 0.25) is 0 Å². The number of benzene rings is 3. The predicted molar refractivity (Wildman–Crippen MR) is 107 cm³/mol. The van der Waals surface area contributed by atoms with E-state index >= 15 is 0 Å². The molecule has 0 bridgehead atoms. The summed E-state index contributed by atoms with van der Waals surface area (Å²) >= 11 is 0. The summed E-state index contributed by atoms with van der Waals surface area (Å²) in [5.41, 5.74) is 1.47. The third-order valence-electron chi connectivity index (χ3n) is 4.03. The number of fused-ring (bicyclic) bond motifs is 1. The van der Waals surface area contributed by atoms with Crippen molar-refractivity contribution >= 4 is 34.2 Å². The number of rotatable bonds is 7. The lowest BCUT2D eigenvalue weighted by Gasteiger charge is -2.08. The zero-order valence-electron chi connectivity index (χ0n) is 15.2. The Labute approximate surface area is 162 Å². The Morgan fingerprint density at radius 2 is 1.50 bits per heavy atom. The van der Waals surface area contributed by atoms with E-state index in [-0.39, 0.29) is 18.9 Å². The summed E-state index contributed by atoms with van der Waals surface area (Å²) in [6.07, 6.45) is 0.177. The van der Waals surface area contributed by atoms with Crippen molar-refractivity contribution in [2.75, 3.05) is 18.5 Å². The second-order valence-electron chi connectivity index (χ2n) is 6.21. The van der Waals surface area contributed by atoms with E-state index in [1.165, 1.54) is 0 Å². The first-order valence-corrected chi connectivity index (χ1v) is 8.85. The van der Waals surface area contributed by atoms with Crippen LogP contribution in [0.1, 0.15) is 5.56 Å². The van der Waals surface area contributed by atoms with E-state index in [4.69, 9.17) is 4.74 Å². The zero-order chi connectivity index (χ0) is 19.8. The van der Waals surface area contributed by atoms with Crippen molar-refractivity contribution in [1.82, 2.24) is 5.32 Å². The second-order valence-corrected chi connectivity index (χ2v) is 6.21. The number of carbonyl (C=O) groups is 3. The SMILES string of the molecule is O=C(Cc1ccccc1)NCC(=O)OCC(=O)Nc1ccc2ccccc2c1. The molecule has 0 radical (unpaired) electrons. The van der Waals surface area contributed by atoms with Crippen LogP contribution in [0, 0.1) is 0 Å². The minimum atomic E-state index is -0.671. The van der Waals surface area contributed by atoms with Crippen LogP contribution in [-0.2, 0) is 25.5 Å². The summed E-state index contributed by atoms with van der Waals surface area (Å²) in [5, 5.41) is 7.23. The number of esters is 1. The lowest BCUT2D eigenvalue weighted by Crippen LogP contribution is -2.33. The van der Waals surface area contributed by atoms with Gasteiger partial charge in [-0.25, -0.2) is 0 Å². The van der Waals surface area contributed by atoms with Gasteiger partial charge in [-0.2, -0.15) is 0 Å². The van der Waals surface area contributed by atoms with Gasteiger partial charge in [0.1, 0.15) is 6.54 Å². The highest BCUT2D eigenvalue weighted by atomic mass is 16.5. The van der Waals surface area contributed by atoms with Crippen LogP contribution < -0.4 is 10.6 Å². The molecule has 3 rings (SSSR count). The zero-order valence-corrected chi connectivity index (χ0v) is 15.2. The summed E-state index contributed by atoms with van der Waals surface area (Å²) in [4.78, 5) is 35.5. The molecule has 6 heteroatoms. The minimum absolute atomic E-state index is 0.177. The molecule has 3 aromatic rings. The van der Waals surface area contributed by atoms with Crippen molar-refractivity contribution < 1.29 is 19.1 Å². The van der Waals surface area contributed by atoms with Crippen LogP contribution in [0.25, 0.3) is 10.8 Å². The largest absolute Gasteiger partial charge is 0.454 e. The Morgan fingerprint density at radius 3 is 2.29 bits per heavy atom. The third-order valence-corrected chi connectivity index (χ3v) is 4.03. The monoisotopic (exact) mass is 376 g/mol. The fourth-order valence-electron chi connectivity index (χ4n) is 2.68. The number of hydrogen-bond acceptors (Lipinski definition) is 4. The summed E-state index contributed by atoms with van der Waals surface area (Å²) in [6, 6.07) is 22.5. The Kier molecular flexibility index (Phi) is 6.36. The maximum Gasteiger partial charge on any atom is 0.325 e. The van der Waals surface area contributed by atoms with E-state index in [0.29, 0.717) is 5.69 Å². The molecule has 0 aromatic heterocycles. The summed E-state index contributed by atoms with van der Waals surface area (Å²) in [5.74, 6) is -1.40. The lowest BCUT2D eigenvalue weighted by molar-refractivity contribution is -0.147. The average molecular weight is 376 g/mol. The topological polar surface area (TPSA) is 84.5 Å². The van der Waals surface area contributed by atoms with Gasteiger partial charge in [0.25, 0.3) is 5.91 Å². The van der Waals surface area contributed by atoms with Gasteiger partial charge in [-0.1, -0.05) is 60.7 Å². The molecule has 2 amide bonds. The minimum Gasteiger partial charge on any atom is -0.454 e. The Bertz CT molecular complexity index is 986. The molecular weight excluding hydrogens is 356 g/mol. The first kappa shape index (κ1) is 19.1. The standard InChI is InChI=1S/C22H20N2O4/c25-20(12-16-6-2-1-3-7-16)23-14-22(27)28-15-21(26)24-19-11-10-17-8-4-5-9-18(17)13-19/h1-11,13H,12,14-15H2,(H,23,25)(H,24,26). The number of nitrogens with one attached hydrogen (secondary N) is 2. The van der Waals surface area contributed by atoms with Gasteiger partial charge in [0.15, 0.2) is 6.61 Å². The Morgan fingerprint density at radius 1 is 0.786 bits per heavy atom. The molecule has 28 heavy (non-hydrogen) atoms. The van der Waals surface area contributed by atoms with Gasteiger partial charge >= 0.3 is 5.97 Å². The molecule has 0 atom stereocenters. The van der Waals surface area contributed by atoms with Crippen LogP contribution in [0.4, 0.5) is 5.69 Å². The smallest absolute Gasteiger partial charge is 0.325 e. The quantitative estimate of drug-likeness (QED) is 0.621. The number of anilines is 1. The molecule has 0 heterocycles. The third kappa shape index (κ3) is 5.67. The molecule has 0 aliphatic rings. The normalized spacial score (nSPS) is 10.3. The predicted octanol–water partition coefficient (Wildman–Crippen LogP) is 2.68. The summed E-state index contributed by atoms with van der Waals surface area (Å²) in [7, 11) is 0. The van der Waals surface area contributed by atoms with E-state index in [2.05, 4.69) is 10.6 Å². The molecule has 0 unspecified atom stereocenters. The second kappa shape index (κ2) is 9.32. The van der Waals surface area contributed by atoms with Crippen LogP contribution >= 0.6 is 0 Å². The van der Waals surface area contributed by atoms with E-state index in [9.17, 15) is 14.4 Å². The molecule has 0 saturated heterocycles. The Hall–Kier alpha value is -3.67. The maximum absolute atomic E-state index is 12.0. The molecular formula is C22H20N2O4. The van der Waals surface area contributed by atoms with Crippen LogP contribution in [-0.4, -0.2) is 30.9 Å². The Balaban J connectivity index is 1.39. The number of ether oxygens (including phenoxy) is 1. The van der Waals surface area contributed by atoms with E-state index in [0.717, 1.165) is 16.3 Å². The van der Waals surface area contributed by atoms with E-state index in [1.54, 1.807) is 6.07 Å². The number of amides is 2. The van der Waals surface area contributed by atoms with Crippen LogP contribution in [0.5, 0.6) is 0 Å². The highest BCUT2D eigenvalue weighted by Gasteiger charge is 2.10. The average Bonchev–Trinajstić information content (AvgIpc) is 2.71. The van der Waals surface area contributed by atoms with Crippen LogP contribution in [0.3, 0.4) is 0 Å². The van der Waals surface area contributed by atoms with Gasteiger partial charge in [-0.05, 0) is 28.5 Å². The van der Waals surface area contributed by atoms with Crippen molar-refractivity contribution in [2.24, 2.45) is 0 Å². The molecule has 0 saturated carbocycles. The first-order chi connectivity index (χ1) is 13.6. The summed E-state index contributed by atoms with van der Waals surface area (Å²) < 4.78 is 4.90. The molecule has 3 aromatic carbocycles. The fraction of sp³-hybridized carbons (Fsp3) is 0.136. The highest BCUT2D eigenvalue weighted by molar-refractivity contribution is 5.96. The first-order valence-electron chi connectivity index (χ1n) is 8.85. The number of hydrogen-bond donors (Lipinski definition) is 2. The van der Waals surface area contributed by atoms with Crippen molar-refractivity contribution in [3.63, 3.8) is 0 Å². The van der Waals surface area contributed by atoms with Crippen molar-refractivity contribution in [2.45, 2.75) is 6.42 Å². The van der Waals surface area contributed by atoms with Gasteiger partial charge in [0.2, 0.25) is 5.91 Å². The van der Waals surface area contributed by atoms with Gasteiger partial charge in [0.05, 0.1) is 6.42 Å². The molecule has 2 N–H and O–H groups in total. The highest BCUT2D eigenvalue weighted by Crippen LogP contribution is 2.18. The van der Waals surface area contributed by atoms with Crippen LogP contribution in [0.15, 0.2) is 72.8 Å². The van der Waals surface area contributed by atoms with Crippen molar-refractivity contribution in [1.29, 1.82) is 0 Å². The van der Waals surface area contributed by atoms with Crippen molar-refractivity contribution in [3.8, 4) is 0 Å². The maximum atomic E-state index is 12.0. The van der Waals surface area contributed by atoms with Crippen molar-refractivity contribution in [3.05, 3.63) is 78.4 Å². The van der Waals surface area contributed by atoms with Gasteiger partial charge in [-0.15, -0.1) is 0 Å². The summed E-state index contributed by atoms with van der Waals surface area (Å²) in [6.45, 7) is -0.699. The molecule has 0 spiro atoms. The van der Waals surface area contributed by atoms with Gasteiger partial charge in [0, 0.05) is 5.69 Å². The molecule has 0 aliphatic carbocycles. The van der Waals surface area contributed by atoms with Gasteiger partial charge in [-0.3, -0.25) is 14.4 Å². The van der Waals surface area contributed by atoms with E-state index < -0.39 is 18.5 Å². The molecule has 0 fully saturated rings. The fourth-order valence-corrected chi connectivity index (χ4v) is 2.68. The number of carbonyl (C=O) groups excluding carboxylic acids is 3. The molecule has 142 valence electrons. The van der Waals surface area contributed by atoms with E-state index in [1.807, 2.05) is 66.7 Å². The van der Waals surface area contributed by atoms with Gasteiger partial charge < -0.3 is 15.4 Å². The lowest BCUT2D eigenvalue weighted by atomic mass is 10.1. The molecule has 0 aliphatic heterocycles. The molecule has 6 nitrogen and oxygen atoms in total.